The Morgan fingerprint density at radius 1 is 1.19 bits per heavy atom. The molecule has 88 valence electrons. The van der Waals surface area contributed by atoms with Gasteiger partial charge in [-0.05, 0) is 24.1 Å². The van der Waals surface area contributed by atoms with E-state index < -0.39 is 0 Å². The summed E-state index contributed by atoms with van der Waals surface area (Å²) < 4.78 is 12.7. The summed E-state index contributed by atoms with van der Waals surface area (Å²) in [7, 11) is 0. The normalized spacial score (nSPS) is 12.4. The fraction of sp³-hybridized carbons (Fsp3) is 0.500. The van der Waals surface area contributed by atoms with Crippen molar-refractivity contribution in [2.45, 2.75) is 44.9 Å². The van der Waals surface area contributed by atoms with Crippen molar-refractivity contribution in [3.05, 3.63) is 35.6 Å². The van der Waals surface area contributed by atoms with Crippen molar-refractivity contribution in [2.24, 2.45) is 0 Å². The lowest BCUT2D eigenvalue weighted by molar-refractivity contribution is -0.109. The zero-order chi connectivity index (χ0) is 11.8. The first-order valence-electron chi connectivity index (χ1n) is 5.98. The van der Waals surface area contributed by atoms with Crippen molar-refractivity contribution >= 4 is 6.29 Å². The molecule has 1 atom stereocenters. The predicted octanol–water partition coefficient (Wildman–Crippen LogP) is 4.08. The average Bonchev–Trinajstić information content (AvgIpc) is 2.31. The van der Waals surface area contributed by atoms with Crippen molar-refractivity contribution in [1.82, 2.24) is 0 Å². The number of rotatable bonds is 7. The van der Waals surface area contributed by atoms with Crippen molar-refractivity contribution in [3.8, 4) is 0 Å². The summed E-state index contributed by atoms with van der Waals surface area (Å²) in [4.78, 5) is 11.0. The van der Waals surface area contributed by atoms with E-state index in [4.69, 9.17) is 0 Å². The maximum atomic E-state index is 12.7. The Morgan fingerprint density at radius 2 is 1.88 bits per heavy atom. The molecule has 0 saturated heterocycles. The fourth-order valence-corrected chi connectivity index (χ4v) is 1.81. The zero-order valence-corrected chi connectivity index (χ0v) is 9.79. The van der Waals surface area contributed by atoms with Crippen LogP contribution < -0.4 is 0 Å². The molecular weight excluding hydrogens is 203 g/mol. The summed E-state index contributed by atoms with van der Waals surface area (Å²) in [5, 5.41) is 0. The molecule has 0 bridgehead atoms. The third kappa shape index (κ3) is 4.13. The highest BCUT2D eigenvalue weighted by Crippen LogP contribution is 2.20. The number of halogens is 1. The van der Waals surface area contributed by atoms with Crippen LogP contribution in [-0.2, 0) is 4.79 Å². The number of unbranched alkanes of at least 4 members (excludes halogenated alkanes) is 3. The van der Waals surface area contributed by atoms with Crippen LogP contribution in [0, 0.1) is 5.82 Å². The maximum absolute atomic E-state index is 12.7. The lowest BCUT2D eigenvalue weighted by Crippen LogP contribution is -2.00. The van der Waals surface area contributed by atoms with Gasteiger partial charge in [0.2, 0.25) is 0 Å². The molecule has 0 N–H and O–H groups in total. The zero-order valence-electron chi connectivity index (χ0n) is 9.79. The van der Waals surface area contributed by atoms with Gasteiger partial charge in [0.1, 0.15) is 12.1 Å². The van der Waals surface area contributed by atoms with Gasteiger partial charge in [0.25, 0.3) is 0 Å². The van der Waals surface area contributed by atoms with Gasteiger partial charge in [0, 0.05) is 5.92 Å². The number of hydrogen-bond acceptors (Lipinski definition) is 1. The average molecular weight is 222 g/mol. The fourth-order valence-electron chi connectivity index (χ4n) is 1.81. The highest BCUT2D eigenvalue weighted by molar-refractivity contribution is 5.61. The molecule has 0 aliphatic rings. The van der Waals surface area contributed by atoms with Gasteiger partial charge < -0.3 is 4.79 Å². The Bertz CT molecular complexity index is 305. The van der Waals surface area contributed by atoms with Crippen LogP contribution in [0.1, 0.15) is 50.5 Å². The second-order valence-corrected chi connectivity index (χ2v) is 4.14. The van der Waals surface area contributed by atoms with E-state index in [0.717, 1.165) is 24.7 Å². The summed E-state index contributed by atoms with van der Waals surface area (Å²) >= 11 is 0. The van der Waals surface area contributed by atoms with Crippen molar-refractivity contribution in [1.29, 1.82) is 0 Å². The molecule has 0 heterocycles. The number of aldehydes is 1. The quantitative estimate of drug-likeness (QED) is 0.502. The molecule has 1 nitrogen and oxygen atoms in total. The summed E-state index contributed by atoms with van der Waals surface area (Å²) in [5.41, 5.74) is 0.924. The lowest BCUT2D eigenvalue weighted by Gasteiger charge is -2.10. The van der Waals surface area contributed by atoms with E-state index in [9.17, 15) is 9.18 Å². The molecule has 1 rings (SSSR count). The number of carbonyl (C=O) groups excluding carboxylic acids is 1. The third-order valence-electron chi connectivity index (χ3n) is 2.83. The van der Waals surface area contributed by atoms with Gasteiger partial charge >= 0.3 is 0 Å². The van der Waals surface area contributed by atoms with Crippen LogP contribution in [0.2, 0.25) is 0 Å². The molecule has 0 spiro atoms. The summed E-state index contributed by atoms with van der Waals surface area (Å²) in [6.45, 7) is 2.16. The van der Waals surface area contributed by atoms with Crippen LogP contribution in [-0.4, -0.2) is 6.29 Å². The van der Waals surface area contributed by atoms with E-state index >= 15 is 0 Å². The lowest BCUT2D eigenvalue weighted by atomic mass is 9.94. The molecule has 0 amide bonds. The van der Waals surface area contributed by atoms with E-state index in [1.807, 2.05) is 0 Å². The van der Waals surface area contributed by atoms with Crippen LogP contribution in [0.4, 0.5) is 4.39 Å². The minimum atomic E-state index is -0.251. The minimum absolute atomic E-state index is 0.0718. The van der Waals surface area contributed by atoms with Gasteiger partial charge in [-0.15, -0.1) is 0 Å². The molecule has 1 aromatic rings. The van der Waals surface area contributed by atoms with Crippen LogP contribution in [0.5, 0.6) is 0 Å². The second kappa shape index (κ2) is 7.15. The molecule has 0 radical (unpaired) electrons. The van der Waals surface area contributed by atoms with Crippen molar-refractivity contribution in [3.63, 3.8) is 0 Å². The Balaban J connectivity index is 2.47. The first kappa shape index (κ1) is 12.9. The molecular formula is C14H19FO. The molecule has 0 fully saturated rings. The molecule has 1 aromatic carbocycles. The Morgan fingerprint density at radius 3 is 2.44 bits per heavy atom. The van der Waals surface area contributed by atoms with Gasteiger partial charge in [-0.3, -0.25) is 0 Å². The van der Waals surface area contributed by atoms with Crippen LogP contribution in [0.3, 0.4) is 0 Å². The van der Waals surface area contributed by atoms with Crippen LogP contribution >= 0.6 is 0 Å². The van der Waals surface area contributed by atoms with E-state index in [2.05, 4.69) is 6.92 Å². The molecule has 1 unspecified atom stereocenters. The molecule has 16 heavy (non-hydrogen) atoms. The largest absolute Gasteiger partial charge is 0.303 e. The number of carbonyl (C=O) groups is 1. The molecule has 2 heteroatoms. The second-order valence-electron chi connectivity index (χ2n) is 4.14. The van der Waals surface area contributed by atoms with Crippen molar-refractivity contribution < 1.29 is 9.18 Å². The van der Waals surface area contributed by atoms with E-state index in [-0.39, 0.29) is 11.7 Å². The Hall–Kier alpha value is -1.18. The Kier molecular flexibility index (Phi) is 5.76. The molecule has 0 aliphatic heterocycles. The summed E-state index contributed by atoms with van der Waals surface area (Å²) in [5.74, 6) is -0.322. The highest BCUT2D eigenvalue weighted by atomic mass is 19.1. The predicted molar refractivity (Wildman–Crippen MR) is 64.0 cm³/mol. The smallest absolute Gasteiger partial charge is 0.127 e. The monoisotopic (exact) mass is 222 g/mol. The molecule has 0 saturated carbocycles. The minimum Gasteiger partial charge on any atom is -0.303 e. The van der Waals surface area contributed by atoms with E-state index in [1.54, 1.807) is 12.1 Å². The van der Waals surface area contributed by atoms with Gasteiger partial charge in [-0.2, -0.15) is 0 Å². The SMILES string of the molecule is CCCCCCC(C=O)c1ccc(F)cc1. The first-order valence-corrected chi connectivity index (χ1v) is 5.98. The van der Waals surface area contributed by atoms with E-state index in [0.29, 0.717) is 0 Å². The van der Waals surface area contributed by atoms with Gasteiger partial charge in [0.05, 0.1) is 0 Å². The van der Waals surface area contributed by atoms with Crippen LogP contribution in [0.25, 0.3) is 0 Å². The van der Waals surface area contributed by atoms with Gasteiger partial charge in [-0.1, -0.05) is 44.7 Å². The number of benzene rings is 1. The maximum Gasteiger partial charge on any atom is 0.127 e. The Labute approximate surface area is 96.7 Å². The third-order valence-corrected chi connectivity index (χ3v) is 2.83. The molecule has 0 aromatic heterocycles. The topological polar surface area (TPSA) is 17.1 Å². The highest BCUT2D eigenvalue weighted by Gasteiger charge is 2.09. The summed E-state index contributed by atoms with van der Waals surface area (Å²) in [6, 6.07) is 6.23. The first-order chi connectivity index (χ1) is 7.77. The van der Waals surface area contributed by atoms with Crippen molar-refractivity contribution in [2.75, 3.05) is 0 Å². The molecule has 0 aliphatic carbocycles. The number of hydrogen-bond donors (Lipinski definition) is 0. The standard InChI is InChI=1S/C14H19FO/c1-2-3-4-5-6-13(11-16)12-7-9-14(15)10-8-12/h7-11,13H,2-6H2,1H3. The van der Waals surface area contributed by atoms with E-state index in [1.165, 1.54) is 31.4 Å². The van der Waals surface area contributed by atoms with Gasteiger partial charge in [0.15, 0.2) is 0 Å². The van der Waals surface area contributed by atoms with Gasteiger partial charge in [-0.25, -0.2) is 4.39 Å². The summed E-state index contributed by atoms with van der Waals surface area (Å²) in [6.07, 6.45) is 6.49. The van der Waals surface area contributed by atoms with Crippen LogP contribution in [0.15, 0.2) is 24.3 Å².